The van der Waals surface area contributed by atoms with Gasteiger partial charge in [0.15, 0.2) is 5.78 Å². The highest BCUT2D eigenvalue weighted by atomic mass is 16.3. The van der Waals surface area contributed by atoms with Gasteiger partial charge in [-0.15, -0.1) is 13.2 Å². The highest BCUT2D eigenvalue weighted by Gasteiger charge is 2.44. The molecule has 180 valence electrons. The molecule has 0 amide bonds. The second kappa shape index (κ2) is 10.4. The lowest BCUT2D eigenvalue weighted by atomic mass is 9.67. The molecule has 4 atom stereocenters. The van der Waals surface area contributed by atoms with Crippen LogP contribution in [0, 0.1) is 11.8 Å². The van der Waals surface area contributed by atoms with Gasteiger partial charge in [0.1, 0.15) is 0 Å². The van der Waals surface area contributed by atoms with Crippen molar-refractivity contribution in [3.8, 4) is 0 Å². The lowest BCUT2D eigenvalue weighted by molar-refractivity contribution is -0.0540. The Morgan fingerprint density at radius 1 is 0.765 bits per heavy atom. The van der Waals surface area contributed by atoms with Gasteiger partial charge in [-0.3, -0.25) is 4.79 Å². The molecular weight excluding hydrogens is 420 g/mol. The van der Waals surface area contributed by atoms with E-state index >= 15 is 0 Å². The van der Waals surface area contributed by atoms with Crippen molar-refractivity contribution in [3.63, 3.8) is 0 Å². The molecule has 3 heteroatoms. The fourth-order valence-corrected chi connectivity index (χ4v) is 6.46. The van der Waals surface area contributed by atoms with Gasteiger partial charge in [-0.1, -0.05) is 86.4 Å². The number of carbonyl (C=O) groups is 1. The molecule has 0 heterocycles. The maximum absolute atomic E-state index is 14.1. The molecule has 2 N–H and O–H groups in total. The molecule has 2 aliphatic carbocycles. The zero-order chi connectivity index (χ0) is 24.2. The maximum atomic E-state index is 14.1. The Morgan fingerprint density at radius 3 is 1.59 bits per heavy atom. The van der Waals surface area contributed by atoms with Crippen molar-refractivity contribution in [3.05, 3.63) is 96.1 Å². The smallest absolute Gasteiger partial charge is 0.193 e. The second-order valence-electron chi connectivity index (χ2n) is 10.2. The standard InChI is InChI=1S/C31H38O3/c1-3-13-23-15-9-11-21-30(23,33)27-19-7-5-17-25(27)29(32)26-18-6-8-20-28(26)31(34)22-12-10-16-24(31)14-4-2/h3-8,17-20,23-24,33-34H,1-2,9-16,21-22H2. The molecule has 2 aromatic rings. The minimum absolute atomic E-state index is 0.0439. The molecule has 4 rings (SSSR count). The van der Waals surface area contributed by atoms with Crippen molar-refractivity contribution in [2.45, 2.75) is 75.4 Å². The van der Waals surface area contributed by atoms with Crippen LogP contribution in [0.1, 0.15) is 91.3 Å². The summed E-state index contributed by atoms with van der Waals surface area (Å²) in [7, 11) is 0. The van der Waals surface area contributed by atoms with Gasteiger partial charge >= 0.3 is 0 Å². The molecule has 0 radical (unpaired) electrons. The molecule has 0 bridgehead atoms. The Hall–Kier alpha value is -2.49. The van der Waals surface area contributed by atoms with E-state index in [0.29, 0.717) is 35.1 Å². The van der Waals surface area contributed by atoms with Gasteiger partial charge in [-0.05, 0) is 61.5 Å². The topological polar surface area (TPSA) is 57.5 Å². The van der Waals surface area contributed by atoms with E-state index in [-0.39, 0.29) is 17.6 Å². The van der Waals surface area contributed by atoms with Crippen LogP contribution < -0.4 is 0 Å². The molecule has 0 aromatic heterocycles. The quantitative estimate of drug-likeness (QED) is 0.337. The van der Waals surface area contributed by atoms with E-state index in [9.17, 15) is 15.0 Å². The minimum Gasteiger partial charge on any atom is -0.385 e. The van der Waals surface area contributed by atoms with Crippen LogP contribution in [-0.2, 0) is 11.2 Å². The molecule has 3 nitrogen and oxygen atoms in total. The fraction of sp³-hybridized carbons (Fsp3) is 0.452. The van der Waals surface area contributed by atoms with E-state index in [4.69, 9.17) is 0 Å². The summed E-state index contributed by atoms with van der Waals surface area (Å²) in [4.78, 5) is 14.1. The molecule has 4 unspecified atom stereocenters. The second-order valence-corrected chi connectivity index (χ2v) is 10.2. The van der Waals surface area contributed by atoms with Crippen LogP contribution in [0.5, 0.6) is 0 Å². The SMILES string of the molecule is C=CCC1CCCCC1(O)c1ccccc1C(=O)c1ccccc1C1(O)CCCCC1CC=C. The fourth-order valence-electron chi connectivity index (χ4n) is 6.46. The third-order valence-electron chi connectivity index (χ3n) is 8.25. The third kappa shape index (κ3) is 4.44. The number of ketones is 1. The number of rotatable bonds is 8. The molecule has 0 spiro atoms. The average Bonchev–Trinajstić information content (AvgIpc) is 2.87. The van der Waals surface area contributed by atoms with Crippen LogP contribution in [-0.4, -0.2) is 16.0 Å². The van der Waals surface area contributed by atoms with Crippen molar-refractivity contribution >= 4 is 5.78 Å². The lowest BCUT2D eigenvalue weighted by Crippen LogP contribution is -2.40. The Labute approximate surface area is 204 Å². The van der Waals surface area contributed by atoms with E-state index < -0.39 is 11.2 Å². The van der Waals surface area contributed by atoms with Gasteiger partial charge in [0.2, 0.25) is 0 Å². The first kappa shape index (κ1) is 24.6. The Balaban J connectivity index is 1.79. The summed E-state index contributed by atoms with van der Waals surface area (Å²) in [5.74, 6) is -0.0382. The normalized spacial score (nSPS) is 29.4. The molecule has 2 aliphatic rings. The molecule has 0 saturated heterocycles. The van der Waals surface area contributed by atoms with Gasteiger partial charge in [0.25, 0.3) is 0 Å². The summed E-state index contributed by atoms with van der Waals surface area (Å²) in [5.41, 5.74) is 0.377. The summed E-state index contributed by atoms with van der Waals surface area (Å²) in [6.45, 7) is 7.80. The predicted molar refractivity (Wildman–Crippen MR) is 138 cm³/mol. The summed E-state index contributed by atoms with van der Waals surface area (Å²) >= 11 is 0. The number of carbonyl (C=O) groups excluding carboxylic acids is 1. The van der Waals surface area contributed by atoms with E-state index in [0.717, 1.165) is 51.4 Å². The zero-order valence-electron chi connectivity index (χ0n) is 20.2. The number of allylic oxidation sites excluding steroid dienone is 2. The molecular formula is C31H38O3. The molecule has 2 saturated carbocycles. The Kier molecular flexibility index (Phi) is 7.54. The van der Waals surface area contributed by atoms with Crippen molar-refractivity contribution in [2.75, 3.05) is 0 Å². The van der Waals surface area contributed by atoms with Gasteiger partial charge < -0.3 is 10.2 Å². The molecule has 2 aromatic carbocycles. The van der Waals surface area contributed by atoms with Crippen LogP contribution in [0.3, 0.4) is 0 Å². The zero-order valence-corrected chi connectivity index (χ0v) is 20.2. The largest absolute Gasteiger partial charge is 0.385 e. The number of hydrogen-bond acceptors (Lipinski definition) is 3. The highest BCUT2D eigenvalue weighted by molar-refractivity contribution is 6.11. The predicted octanol–water partition coefficient (Wildman–Crippen LogP) is 6.83. The van der Waals surface area contributed by atoms with Gasteiger partial charge in [0.05, 0.1) is 11.2 Å². The van der Waals surface area contributed by atoms with E-state index in [1.54, 1.807) is 0 Å². The minimum atomic E-state index is -1.05. The summed E-state index contributed by atoms with van der Waals surface area (Å²) in [6, 6.07) is 15.0. The van der Waals surface area contributed by atoms with Crippen LogP contribution in [0.4, 0.5) is 0 Å². The van der Waals surface area contributed by atoms with E-state index in [1.807, 2.05) is 60.7 Å². The summed E-state index contributed by atoms with van der Waals surface area (Å²) in [5, 5.41) is 23.9. The van der Waals surface area contributed by atoms with Crippen LogP contribution in [0.2, 0.25) is 0 Å². The monoisotopic (exact) mass is 458 g/mol. The first-order chi connectivity index (χ1) is 16.5. The van der Waals surface area contributed by atoms with Gasteiger partial charge in [0, 0.05) is 11.1 Å². The number of hydrogen-bond donors (Lipinski definition) is 2. The summed E-state index contributed by atoms with van der Waals surface area (Å²) in [6.07, 6.45) is 12.4. The Morgan fingerprint density at radius 2 is 1.18 bits per heavy atom. The highest BCUT2D eigenvalue weighted by Crippen LogP contribution is 2.47. The van der Waals surface area contributed by atoms with Crippen molar-refractivity contribution in [1.29, 1.82) is 0 Å². The van der Waals surface area contributed by atoms with E-state index in [1.165, 1.54) is 0 Å². The first-order valence-corrected chi connectivity index (χ1v) is 12.9. The van der Waals surface area contributed by atoms with Crippen LogP contribution >= 0.6 is 0 Å². The van der Waals surface area contributed by atoms with Crippen molar-refractivity contribution in [1.82, 2.24) is 0 Å². The number of aliphatic hydroxyl groups is 2. The molecule has 2 fully saturated rings. The first-order valence-electron chi connectivity index (χ1n) is 12.9. The van der Waals surface area contributed by atoms with Crippen LogP contribution in [0.15, 0.2) is 73.8 Å². The number of benzene rings is 2. The average molecular weight is 459 g/mol. The van der Waals surface area contributed by atoms with E-state index in [2.05, 4.69) is 13.2 Å². The molecule has 0 aliphatic heterocycles. The maximum Gasteiger partial charge on any atom is 0.193 e. The van der Waals surface area contributed by atoms with Gasteiger partial charge in [-0.25, -0.2) is 0 Å². The van der Waals surface area contributed by atoms with Crippen molar-refractivity contribution in [2.24, 2.45) is 11.8 Å². The molecule has 34 heavy (non-hydrogen) atoms. The third-order valence-corrected chi connectivity index (χ3v) is 8.25. The van der Waals surface area contributed by atoms with Gasteiger partial charge in [-0.2, -0.15) is 0 Å². The van der Waals surface area contributed by atoms with Crippen molar-refractivity contribution < 1.29 is 15.0 Å². The summed E-state index contributed by atoms with van der Waals surface area (Å²) < 4.78 is 0. The lowest BCUT2D eigenvalue weighted by Gasteiger charge is -2.42. The van der Waals surface area contributed by atoms with Crippen LogP contribution in [0.25, 0.3) is 0 Å². The Bertz CT molecular complexity index is 959.